The van der Waals surface area contributed by atoms with E-state index in [0.29, 0.717) is 11.1 Å². The van der Waals surface area contributed by atoms with Crippen molar-refractivity contribution in [3.05, 3.63) is 58.6 Å². The van der Waals surface area contributed by atoms with E-state index in [1.165, 1.54) is 25.5 Å². The highest BCUT2D eigenvalue weighted by Crippen LogP contribution is 2.37. The van der Waals surface area contributed by atoms with Gasteiger partial charge in [-0.3, -0.25) is 4.79 Å². The molecule has 5 nitrogen and oxygen atoms in total. The van der Waals surface area contributed by atoms with Crippen molar-refractivity contribution in [3.63, 3.8) is 0 Å². The molecular weight excluding hydrogens is 342 g/mol. The van der Waals surface area contributed by atoms with E-state index in [2.05, 4.69) is 15.3 Å². The van der Waals surface area contributed by atoms with Crippen LogP contribution in [0.4, 0.5) is 8.78 Å². The predicted molar refractivity (Wildman–Crippen MR) is 86.1 cm³/mol. The lowest BCUT2D eigenvalue weighted by atomic mass is 10.2. The molecule has 0 spiro atoms. The molecule has 8 heteroatoms. The number of methoxy groups -OCH3 is 1. The summed E-state index contributed by atoms with van der Waals surface area (Å²) in [6.45, 7) is -3.03. The molecule has 0 bridgehead atoms. The maximum absolute atomic E-state index is 12.4. The maximum atomic E-state index is 12.4. The Balaban J connectivity index is 2.12. The summed E-state index contributed by atoms with van der Waals surface area (Å²) in [6, 6.07) is 11.3. The van der Waals surface area contributed by atoms with Gasteiger partial charge in [-0.25, -0.2) is 5.43 Å². The Hall–Kier alpha value is -2.67. The number of carbonyl (C=O) groups is 1. The minimum atomic E-state index is -3.03. The van der Waals surface area contributed by atoms with Crippen molar-refractivity contribution in [2.24, 2.45) is 5.10 Å². The Morgan fingerprint density at radius 1 is 1.29 bits per heavy atom. The normalized spacial score (nSPS) is 10.9. The van der Waals surface area contributed by atoms with Gasteiger partial charge in [-0.1, -0.05) is 29.8 Å². The summed E-state index contributed by atoms with van der Waals surface area (Å²) < 4.78 is 34.0. The molecule has 0 aliphatic rings. The molecule has 0 aromatic heterocycles. The molecule has 1 amide bonds. The number of ether oxygens (including phenoxy) is 2. The second-order valence-electron chi connectivity index (χ2n) is 4.48. The zero-order valence-electron chi connectivity index (χ0n) is 12.5. The molecule has 0 radical (unpaired) electrons. The first-order valence-electron chi connectivity index (χ1n) is 6.72. The van der Waals surface area contributed by atoms with Gasteiger partial charge in [-0.05, 0) is 29.8 Å². The van der Waals surface area contributed by atoms with Crippen LogP contribution in [0.1, 0.15) is 15.9 Å². The standard InChI is InChI=1S/C16H13ClF2N2O3/c1-23-13-8-10(7-12(17)14(13)24-16(18)19)9-20-21-15(22)11-5-3-2-4-6-11/h2-9,16H,1H3,(H,21,22)/b20-9-. The number of hydrogen-bond acceptors (Lipinski definition) is 4. The number of rotatable bonds is 6. The topological polar surface area (TPSA) is 59.9 Å². The van der Waals surface area contributed by atoms with Gasteiger partial charge in [0.2, 0.25) is 0 Å². The minimum Gasteiger partial charge on any atom is -0.493 e. The summed E-state index contributed by atoms with van der Waals surface area (Å²) in [7, 11) is 1.29. The van der Waals surface area contributed by atoms with E-state index in [-0.39, 0.29) is 22.4 Å². The summed E-state index contributed by atoms with van der Waals surface area (Å²) in [5, 5.41) is 3.73. The summed E-state index contributed by atoms with van der Waals surface area (Å²) in [6.07, 6.45) is 1.31. The number of nitrogens with one attached hydrogen (secondary N) is 1. The second-order valence-corrected chi connectivity index (χ2v) is 4.88. The molecule has 2 aromatic carbocycles. The van der Waals surface area contributed by atoms with Gasteiger partial charge in [0, 0.05) is 5.56 Å². The Kier molecular flexibility index (Phi) is 6.08. The van der Waals surface area contributed by atoms with E-state index in [4.69, 9.17) is 16.3 Å². The third kappa shape index (κ3) is 4.66. The third-order valence-electron chi connectivity index (χ3n) is 2.87. The number of hydrogen-bond donors (Lipinski definition) is 1. The van der Waals surface area contributed by atoms with Crippen molar-refractivity contribution in [1.82, 2.24) is 5.43 Å². The van der Waals surface area contributed by atoms with Crippen LogP contribution in [0.5, 0.6) is 11.5 Å². The molecule has 0 aliphatic carbocycles. The quantitative estimate of drug-likeness (QED) is 0.635. The van der Waals surface area contributed by atoms with E-state index >= 15 is 0 Å². The molecule has 0 fully saturated rings. The molecule has 0 unspecified atom stereocenters. The average molecular weight is 355 g/mol. The van der Waals surface area contributed by atoms with Crippen LogP contribution in [-0.2, 0) is 0 Å². The summed E-state index contributed by atoms with van der Waals surface area (Å²) in [5.41, 5.74) is 3.23. The molecule has 0 saturated heterocycles. The Morgan fingerprint density at radius 2 is 2.00 bits per heavy atom. The van der Waals surface area contributed by atoms with Crippen molar-refractivity contribution in [1.29, 1.82) is 0 Å². The number of nitrogens with zero attached hydrogens (tertiary/aromatic N) is 1. The van der Waals surface area contributed by atoms with Gasteiger partial charge in [0.15, 0.2) is 11.5 Å². The maximum Gasteiger partial charge on any atom is 0.387 e. The zero-order chi connectivity index (χ0) is 17.5. The number of amides is 1. The fraction of sp³-hybridized carbons (Fsp3) is 0.125. The number of carbonyl (C=O) groups excluding carboxylic acids is 1. The van der Waals surface area contributed by atoms with Crippen LogP contribution in [0.25, 0.3) is 0 Å². The van der Waals surface area contributed by atoms with Crippen molar-refractivity contribution >= 4 is 23.7 Å². The van der Waals surface area contributed by atoms with Gasteiger partial charge >= 0.3 is 6.61 Å². The van der Waals surface area contributed by atoms with Gasteiger partial charge in [0.25, 0.3) is 5.91 Å². The van der Waals surface area contributed by atoms with Gasteiger partial charge in [0.1, 0.15) is 0 Å². The van der Waals surface area contributed by atoms with Gasteiger partial charge in [0.05, 0.1) is 18.3 Å². The Labute approximate surface area is 141 Å². The largest absolute Gasteiger partial charge is 0.493 e. The summed E-state index contributed by atoms with van der Waals surface area (Å²) in [5.74, 6) is -0.624. The van der Waals surface area contributed by atoms with Crippen LogP contribution in [0.3, 0.4) is 0 Å². The highest BCUT2D eigenvalue weighted by Gasteiger charge is 2.15. The highest BCUT2D eigenvalue weighted by molar-refractivity contribution is 6.32. The van der Waals surface area contributed by atoms with Gasteiger partial charge in [-0.2, -0.15) is 13.9 Å². The molecule has 0 heterocycles. The van der Waals surface area contributed by atoms with Crippen LogP contribution in [-0.4, -0.2) is 25.8 Å². The van der Waals surface area contributed by atoms with E-state index in [1.54, 1.807) is 30.3 Å². The molecule has 2 rings (SSSR count). The number of halogens is 3. The fourth-order valence-electron chi connectivity index (χ4n) is 1.84. The van der Waals surface area contributed by atoms with Crippen LogP contribution in [0.15, 0.2) is 47.6 Å². The monoisotopic (exact) mass is 354 g/mol. The molecule has 126 valence electrons. The number of alkyl halides is 2. The Bertz CT molecular complexity index is 740. The van der Waals surface area contributed by atoms with Crippen molar-refractivity contribution < 1.29 is 23.0 Å². The molecule has 0 saturated carbocycles. The first-order valence-corrected chi connectivity index (χ1v) is 7.10. The molecular formula is C16H13ClF2N2O3. The minimum absolute atomic E-state index is 0.0265. The lowest BCUT2D eigenvalue weighted by Crippen LogP contribution is -2.17. The lowest BCUT2D eigenvalue weighted by Gasteiger charge is -2.12. The number of hydrazone groups is 1. The van der Waals surface area contributed by atoms with Crippen molar-refractivity contribution in [3.8, 4) is 11.5 Å². The van der Waals surface area contributed by atoms with Crippen LogP contribution in [0.2, 0.25) is 5.02 Å². The molecule has 0 aliphatic heterocycles. The van der Waals surface area contributed by atoms with Gasteiger partial charge < -0.3 is 9.47 Å². The van der Waals surface area contributed by atoms with E-state index in [0.717, 1.165) is 0 Å². The smallest absolute Gasteiger partial charge is 0.387 e. The lowest BCUT2D eigenvalue weighted by molar-refractivity contribution is -0.0511. The first-order chi connectivity index (χ1) is 11.5. The van der Waals surface area contributed by atoms with Gasteiger partial charge in [-0.15, -0.1) is 0 Å². The summed E-state index contributed by atoms with van der Waals surface area (Å²) in [4.78, 5) is 11.8. The SMILES string of the molecule is COc1cc(/C=N\NC(=O)c2ccccc2)cc(Cl)c1OC(F)F. The summed E-state index contributed by atoms with van der Waals surface area (Å²) >= 11 is 5.91. The van der Waals surface area contributed by atoms with Crippen LogP contribution < -0.4 is 14.9 Å². The van der Waals surface area contributed by atoms with Crippen molar-refractivity contribution in [2.75, 3.05) is 7.11 Å². The zero-order valence-corrected chi connectivity index (χ0v) is 13.3. The molecule has 2 aromatic rings. The van der Waals surface area contributed by atoms with E-state index in [1.807, 2.05) is 0 Å². The second kappa shape index (κ2) is 8.26. The molecule has 0 atom stereocenters. The first kappa shape index (κ1) is 17.7. The highest BCUT2D eigenvalue weighted by atomic mass is 35.5. The average Bonchev–Trinajstić information content (AvgIpc) is 2.57. The predicted octanol–water partition coefficient (Wildman–Crippen LogP) is 3.71. The fourth-order valence-corrected chi connectivity index (χ4v) is 2.10. The van der Waals surface area contributed by atoms with E-state index < -0.39 is 6.61 Å². The number of benzene rings is 2. The van der Waals surface area contributed by atoms with Crippen molar-refractivity contribution in [2.45, 2.75) is 6.61 Å². The van der Waals surface area contributed by atoms with E-state index in [9.17, 15) is 13.6 Å². The third-order valence-corrected chi connectivity index (χ3v) is 3.16. The Morgan fingerprint density at radius 3 is 2.62 bits per heavy atom. The van der Waals surface area contributed by atoms with Crippen LogP contribution >= 0.6 is 11.6 Å². The molecule has 1 N–H and O–H groups in total. The molecule has 24 heavy (non-hydrogen) atoms. The van der Waals surface area contributed by atoms with Crippen LogP contribution in [0, 0.1) is 0 Å².